The highest BCUT2D eigenvalue weighted by molar-refractivity contribution is 6.31. The number of halogens is 3. The summed E-state index contributed by atoms with van der Waals surface area (Å²) in [4.78, 5) is 12.1. The van der Waals surface area contributed by atoms with Crippen LogP contribution in [0.2, 0.25) is 5.02 Å². The molecule has 0 heterocycles. The van der Waals surface area contributed by atoms with Gasteiger partial charge in [0.05, 0.1) is 5.56 Å². The second-order valence-corrected chi connectivity index (χ2v) is 4.56. The molecule has 0 atom stereocenters. The molecule has 0 spiro atoms. The van der Waals surface area contributed by atoms with Crippen molar-refractivity contribution >= 4 is 23.1 Å². The maximum absolute atomic E-state index is 13.7. The van der Waals surface area contributed by atoms with Crippen LogP contribution in [0.25, 0.3) is 0 Å². The number of anilines is 1. The van der Waals surface area contributed by atoms with Crippen LogP contribution >= 0.6 is 11.6 Å². The number of ketones is 1. The van der Waals surface area contributed by atoms with Crippen LogP contribution in [-0.4, -0.2) is 5.78 Å². The summed E-state index contributed by atoms with van der Waals surface area (Å²) in [5, 5.41) is 0.365. The molecule has 98 valence electrons. The molecule has 2 N–H and O–H groups in total. The Labute approximate surface area is 113 Å². The molecule has 2 aromatic carbocycles. The highest BCUT2D eigenvalue weighted by atomic mass is 35.5. The molecule has 0 aromatic heterocycles. The van der Waals surface area contributed by atoms with Gasteiger partial charge in [-0.25, -0.2) is 8.78 Å². The monoisotopic (exact) mass is 281 g/mol. The molecule has 0 aliphatic rings. The number of hydrogen-bond donors (Lipinski definition) is 1. The topological polar surface area (TPSA) is 43.1 Å². The predicted molar refractivity (Wildman–Crippen MR) is 70.4 cm³/mol. The van der Waals surface area contributed by atoms with Gasteiger partial charge in [-0.05, 0) is 36.8 Å². The van der Waals surface area contributed by atoms with Crippen molar-refractivity contribution in [1.29, 1.82) is 0 Å². The van der Waals surface area contributed by atoms with Crippen LogP contribution in [0.3, 0.4) is 0 Å². The lowest BCUT2D eigenvalue weighted by molar-refractivity contribution is 0.103. The highest BCUT2D eigenvalue weighted by Crippen LogP contribution is 2.24. The molecule has 5 heteroatoms. The average molecular weight is 282 g/mol. The van der Waals surface area contributed by atoms with Crippen LogP contribution in [0.4, 0.5) is 14.5 Å². The fourth-order valence-electron chi connectivity index (χ4n) is 1.71. The zero-order valence-electron chi connectivity index (χ0n) is 10.0. The first kappa shape index (κ1) is 13.5. The van der Waals surface area contributed by atoms with E-state index in [1.807, 2.05) is 0 Å². The molecule has 0 aliphatic carbocycles. The van der Waals surface area contributed by atoms with Crippen molar-refractivity contribution < 1.29 is 13.6 Å². The second kappa shape index (κ2) is 4.97. The molecule has 2 rings (SSSR count). The van der Waals surface area contributed by atoms with Crippen molar-refractivity contribution in [3.8, 4) is 0 Å². The summed E-state index contributed by atoms with van der Waals surface area (Å²) >= 11 is 5.72. The Hall–Kier alpha value is -1.94. The summed E-state index contributed by atoms with van der Waals surface area (Å²) < 4.78 is 27.2. The zero-order chi connectivity index (χ0) is 14.2. The summed E-state index contributed by atoms with van der Waals surface area (Å²) in [5.74, 6) is -2.87. The van der Waals surface area contributed by atoms with Crippen molar-refractivity contribution in [3.05, 3.63) is 63.7 Å². The van der Waals surface area contributed by atoms with Crippen molar-refractivity contribution in [2.75, 3.05) is 5.73 Å². The van der Waals surface area contributed by atoms with Crippen LogP contribution in [0.5, 0.6) is 0 Å². The molecule has 0 fully saturated rings. The molecule has 0 bridgehead atoms. The third-order valence-electron chi connectivity index (χ3n) is 2.78. The lowest BCUT2D eigenvalue weighted by atomic mass is 10.00. The number of aryl methyl sites for hydroxylation is 1. The molecule has 0 saturated carbocycles. The average Bonchev–Trinajstić information content (AvgIpc) is 2.35. The van der Waals surface area contributed by atoms with Gasteiger partial charge >= 0.3 is 0 Å². The summed E-state index contributed by atoms with van der Waals surface area (Å²) in [5.41, 5.74) is 5.66. The third kappa shape index (κ3) is 2.44. The summed E-state index contributed by atoms with van der Waals surface area (Å²) in [6.07, 6.45) is 0. The first-order valence-corrected chi connectivity index (χ1v) is 5.84. The molecule has 0 aliphatic heterocycles. The Morgan fingerprint density at radius 1 is 1.11 bits per heavy atom. The van der Waals surface area contributed by atoms with Gasteiger partial charge in [0.25, 0.3) is 0 Å². The predicted octanol–water partition coefficient (Wildman–Crippen LogP) is 3.74. The van der Waals surface area contributed by atoms with E-state index in [2.05, 4.69) is 0 Å². The van der Waals surface area contributed by atoms with E-state index in [1.165, 1.54) is 37.3 Å². The normalized spacial score (nSPS) is 10.5. The van der Waals surface area contributed by atoms with E-state index < -0.39 is 17.4 Å². The molecule has 2 aromatic rings. The smallest absolute Gasteiger partial charge is 0.198 e. The minimum atomic E-state index is -1.17. The van der Waals surface area contributed by atoms with Crippen molar-refractivity contribution in [3.63, 3.8) is 0 Å². The number of nitrogen functional groups attached to an aromatic ring is 1. The third-order valence-corrected chi connectivity index (χ3v) is 3.01. The number of hydrogen-bond acceptors (Lipinski definition) is 2. The molecule has 0 amide bonds. The van der Waals surface area contributed by atoms with Crippen LogP contribution in [-0.2, 0) is 0 Å². The van der Waals surface area contributed by atoms with E-state index in [1.54, 1.807) is 0 Å². The molecule has 19 heavy (non-hydrogen) atoms. The number of benzene rings is 2. The van der Waals surface area contributed by atoms with E-state index in [9.17, 15) is 13.6 Å². The first-order chi connectivity index (χ1) is 8.91. The first-order valence-electron chi connectivity index (χ1n) is 5.46. The largest absolute Gasteiger partial charge is 0.398 e. The van der Waals surface area contributed by atoms with Crippen molar-refractivity contribution in [1.82, 2.24) is 0 Å². The van der Waals surface area contributed by atoms with E-state index in [0.29, 0.717) is 5.02 Å². The Balaban J connectivity index is 2.53. The molecule has 0 saturated heterocycles. The lowest BCUT2D eigenvalue weighted by Crippen LogP contribution is -2.09. The minimum absolute atomic E-state index is 0.0894. The summed E-state index contributed by atoms with van der Waals surface area (Å²) in [7, 11) is 0. The zero-order valence-corrected chi connectivity index (χ0v) is 10.8. The quantitative estimate of drug-likeness (QED) is 0.673. The second-order valence-electron chi connectivity index (χ2n) is 4.12. The Morgan fingerprint density at radius 3 is 2.37 bits per heavy atom. The number of nitrogens with two attached hydrogens (primary N) is 1. The van der Waals surface area contributed by atoms with E-state index in [0.717, 1.165) is 0 Å². The molecular weight excluding hydrogens is 272 g/mol. The van der Waals surface area contributed by atoms with Gasteiger partial charge in [0, 0.05) is 16.3 Å². The summed E-state index contributed by atoms with van der Waals surface area (Å²) in [6, 6.07) is 6.82. The van der Waals surface area contributed by atoms with Gasteiger partial charge in [0.2, 0.25) is 0 Å². The van der Waals surface area contributed by atoms with Crippen LogP contribution in [0, 0.1) is 18.6 Å². The highest BCUT2D eigenvalue weighted by Gasteiger charge is 2.20. The van der Waals surface area contributed by atoms with Crippen molar-refractivity contribution in [2.45, 2.75) is 6.92 Å². The SMILES string of the molecule is Cc1ccc(C(=O)c2ccc(Cl)cc2N)c(F)c1F. The molecule has 2 nitrogen and oxygen atoms in total. The van der Waals surface area contributed by atoms with Crippen molar-refractivity contribution in [2.24, 2.45) is 0 Å². The Kier molecular flexibility index (Phi) is 3.53. The van der Waals surface area contributed by atoms with Gasteiger partial charge in [-0.3, -0.25) is 4.79 Å². The van der Waals surface area contributed by atoms with Gasteiger partial charge in [0.15, 0.2) is 17.4 Å². The van der Waals surface area contributed by atoms with Gasteiger partial charge in [0.1, 0.15) is 0 Å². The lowest BCUT2D eigenvalue weighted by Gasteiger charge is -2.08. The molecule has 0 unspecified atom stereocenters. The number of rotatable bonds is 2. The summed E-state index contributed by atoms with van der Waals surface area (Å²) in [6.45, 7) is 1.42. The fourth-order valence-corrected chi connectivity index (χ4v) is 1.89. The van der Waals surface area contributed by atoms with Gasteiger partial charge < -0.3 is 5.73 Å². The van der Waals surface area contributed by atoms with Crippen LogP contribution in [0.15, 0.2) is 30.3 Å². The van der Waals surface area contributed by atoms with Gasteiger partial charge in [-0.2, -0.15) is 0 Å². The van der Waals surface area contributed by atoms with E-state index >= 15 is 0 Å². The van der Waals surface area contributed by atoms with Gasteiger partial charge in [-0.1, -0.05) is 17.7 Å². The Bertz CT molecular complexity index is 671. The fraction of sp³-hybridized carbons (Fsp3) is 0.0714. The van der Waals surface area contributed by atoms with Crippen LogP contribution in [0.1, 0.15) is 21.5 Å². The molecular formula is C14H10ClF2NO. The standard InChI is InChI=1S/C14H10ClF2NO/c1-7-2-4-10(13(17)12(7)16)14(19)9-5-3-8(15)6-11(9)18/h2-6H,18H2,1H3. The number of carbonyl (C=O) groups excluding carboxylic acids is 1. The maximum Gasteiger partial charge on any atom is 0.198 e. The van der Waals surface area contributed by atoms with Crippen LogP contribution < -0.4 is 5.73 Å². The maximum atomic E-state index is 13.7. The number of carbonyl (C=O) groups is 1. The minimum Gasteiger partial charge on any atom is -0.398 e. The molecule has 0 radical (unpaired) electrons. The van der Waals surface area contributed by atoms with E-state index in [-0.39, 0.29) is 22.4 Å². The van der Waals surface area contributed by atoms with Gasteiger partial charge in [-0.15, -0.1) is 0 Å². The Morgan fingerprint density at radius 2 is 1.74 bits per heavy atom. The van der Waals surface area contributed by atoms with E-state index in [4.69, 9.17) is 17.3 Å².